The molecule has 0 fully saturated rings. The molecule has 11 heavy (non-hydrogen) atoms. The lowest BCUT2D eigenvalue weighted by Gasteiger charge is -2.27. The number of hydrogen-bond acceptors (Lipinski definition) is 2. The van der Waals surface area contributed by atoms with Gasteiger partial charge in [0, 0.05) is 20.6 Å². The van der Waals surface area contributed by atoms with E-state index in [1.54, 1.807) is 10.0 Å². The average molecular weight is 156 g/mol. The molecule has 0 aromatic heterocycles. The zero-order valence-corrected chi connectivity index (χ0v) is 7.50. The number of hydrazine groups is 1. The highest BCUT2D eigenvalue weighted by Gasteiger charge is 2.09. The van der Waals surface area contributed by atoms with Crippen LogP contribution in [0.25, 0.3) is 0 Å². The maximum atomic E-state index is 11.1. The minimum absolute atomic E-state index is 0.0446. The van der Waals surface area contributed by atoms with Gasteiger partial charge in [0.05, 0.1) is 0 Å². The average Bonchev–Trinajstić information content (AvgIpc) is 1.98. The molecule has 0 unspecified atom stereocenters. The highest BCUT2D eigenvalue weighted by Crippen LogP contribution is 1.95. The van der Waals surface area contributed by atoms with E-state index in [0.717, 1.165) is 13.0 Å². The molecular formula is C8H16N2O. The van der Waals surface area contributed by atoms with E-state index in [2.05, 4.69) is 6.58 Å². The summed E-state index contributed by atoms with van der Waals surface area (Å²) in [6.45, 7) is 6.21. The van der Waals surface area contributed by atoms with Gasteiger partial charge in [0.25, 0.3) is 5.91 Å². The van der Waals surface area contributed by atoms with Gasteiger partial charge in [0.1, 0.15) is 0 Å². The Morgan fingerprint density at radius 2 is 2.09 bits per heavy atom. The molecule has 0 aliphatic carbocycles. The van der Waals surface area contributed by atoms with Crippen LogP contribution in [0.2, 0.25) is 0 Å². The zero-order valence-electron chi connectivity index (χ0n) is 7.50. The fourth-order valence-electron chi connectivity index (χ4n) is 0.824. The third kappa shape index (κ3) is 3.18. The molecule has 0 saturated heterocycles. The SMILES string of the molecule is C=CC(=O)N(CCC)N(C)C. The standard InChI is InChI=1S/C8H16N2O/c1-5-7-10(9(3)4)8(11)6-2/h6H,2,5,7H2,1,3-4H3. The molecule has 0 rings (SSSR count). The van der Waals surface area contributed by atoms with Crippen LogP contribution in [0.15, 0.2) is 12.7 Å². The molecule has 0 bridgehead atoms. The van der Waals surface area contributed by atoms with Gasteiger partial charge in [-0.2, -0.15) is 0 Å². The second-order valence-electron chi connectivity index (χ2n) is 2.51. The molecule has 0 radical (unpaired) electrons. The Morgan fingerprint density at radius 1 is 1.55 bits per heavy atom. The Bertz CT molecular complexity index is 143. The Hall–Kier alpha value is -0.830. The Morgan fingerprint density at radius 3 is 2.36 bits per heavy atom. The molecule has 0 N–H and O–H groups in total. The van der Waals surface area contributed by atoms with Crippen molar-refractivity contribution in [3.63, 3.8) is 0 Å². The topological polar surface area (TPSA) is 23.6 Å². The molecule has 3 nitrogen and oxygen atoms in total. The summed E-state index contributed by atoms with van der Waals surface area (Å²) in [6.07, 6.45) is 2.29. The van der Waals surface area contributed by atoms with Gasteiger partial charge < -0.3 is 0 Å². The summed E-state index contributed by atoms with van der Waals surface area (Å²) < 4.78 is 0. The summed E-state index contributed by atoms with van der Waals surface area (Å²) in [5.74, 6) is -0.0446. The van der Waals surface area contributed by atoms with Crippen molar-refractivity contribution in [3.05, 3.63) is 12.7 Å². The molecule has 64 valence electrons. The first kappa shape index (κ1) is 10.2. The minimum Gasteiger partial charge on any atom is -0.272 e. The van der Waals surface area contributed by atoms with Gasteiger partial charge in [-0.15, -0.1) is 0 Å². The van der Waals surface area contributed by atoms with E-state index in [1.165, 1.54) is 6.08 Å². The van der Waals surface area contributed by atoms with E-state index in [-0.39, 0.29) is 5.91 Å². The van der Waals surface area contributed by atoms with Crippen LogP contribution >= 0.6 is 0 Å². The first-order valence-electron chi connectivity index (χ1n) is 3.74. The van der Waals surface area contributed by atoms with E-state index in [9.17, 15) is 4.79 Å². The molecule has 0 saturated carbocycles. The molecule has 1 amide bonds. The van der Waals surface area contributed by atoms with Gasteiger partial charge >= 0.3 is 0 Å². The summed E-state index contributed by atoms with van der Waals surface area (Å²) >= 11 is 0. The largest absolute Gasteiger partial charge is 0.272 e. The van der Waals surface area contributed by atoms with Crippen molar-refractivity contribution in [3.8, 4) is 0 Å². The van der Waals surface area contributed by atoms with Gasteiger partial charge in [0.15, 0.2) is 0 Å². The van der Waals surface area contributed by atoms with Crippen LogP contribution < -0.4 is 0 Å². The molecule has 0 aliphatic heterocycles. The third-order valence-electron chi connectivity index (χ3n) is 1.35. The molecule has 0 aliphatic rings. The van der Waals surface area contributed by atoms with Gasteiger partial charge in [-0.3, -0.25) is 9.80 Å². The number of carbonyl (C=O) groups excluding carboxylic acids is 1. The summed E-state index contributed by atoms with van der Waals surface area (Å²) in [6, 6.07) is 0. The van der Waals surface area contributed by atoms with Crippen molar-refractivity contribution < 1.29 is 4.79 Å². The summed E-state index contributed by atoms with van der Waals surface area (Å²) in [4.78, 5) is 11.1. The molecule has 0 heterocycles. The van der Waals surface area contributed by atoms with E-state index >= 15 is 0 Å². The first-order valence-corrected chi connectivity index (χ1v) is 3.74. The Balaban J connectivity index is 4.08. The highest BCUT2D eigenvalue weighted by molar-refractivity contribution is 5.86. The van der Waals surface area contributed by atoms with Crippen LogP contribution in [-0.4, -0.2) is 36.6 Å². The van der Waals surface area contributed by atoms with Crippen molar-refractivity contribution in [2.75, 3.05) is 20.6 Å². The van der Waals surface area contributed by atoms with Gasteiger partial charge in [-0.1, -0.05) is 13.5 Å². The lowest BCUT2D eigenvalue weighted by Crippen LogP contribution is -2.41. The zero-order chi connectivity index (χ0) is 8.85. The molecule has 0 aromatic rings. The quantitative estimate of drug-likeness (QED) is 0.446. The summed E-state index contributed by atoms with van der Waals surface area (Å²) in [7, 11) is 3.69. The first-order chi connectivity index (χ1) is 5.13. The van der Waals surface area contributed by atoms with Crippen molar-refractivity contribution >= 4 is 5.91 Å². The van der Waals surface area contributed by atoms with Crippen LogP contribution in [0, 0.1) is 0 Å². The second-order valence-corrected chi connectivity index (χ2v) is 2.51. The van der Waals surface area contributed by atoms with E-state index < -0.39 is 0 Å². The van der Waals surface area contributed by atoms with Gasteiger partial charge in [0.2, 0.25) is 0 Å². The number of nitrogens with zero attached hydrogens (tertiary/aromatic N) is 2. The van der Waals surface area contributed by atoms with Crippen LogP contribution in [0.5, 0.6) is 0 Å². The van der Waals surface area contributed by atoms with Gasteiger partial charge in [-0.25, -0.2) is 5.01 Å². The Labute approximate surface area is 68.3 Å². The summed E-state index contributed by atoms with van der Waals surface area (Å²) in [5, 5.41) is 3.42. The molecular weight excluding hydrogens is 140 g/mol. The van der Waals surface area contributed by atoms with Crippen molar-refractivity contribution in [1.82, 2.24) is 10.0 Å². The smallest absolute Gasteiger partial charge is 0.260 e. The lowest BCUT2D eigenvalue weighted by atomic mass is 10.4. The monoisotopic (exact) mass is 156 g/mol. The molecule has 3 heteroatoms. The predicted octanol–water partition coefficient (Wildman–Crippen LogP) is 0.888. The predicted molar refractivity (Wildman–Crippen MR) is 45.9 cm³/mol. The van der Waals surface area contributed by atoms with Crippen molar-refractivity contribution in [2.45, 2.75) is 13.3 Å². The number of amides is 1. The minimum atomic E-state index is -0.0446. The molecule has 0 aromatic carbocycles. The van der Waals surface area contributed by atoms with Crippen LogP contribution in [0.3, 0.4) is 0 Å². The third-order valence-corrected chi connectivity index (χ3v) is 1.35. The van der Waals surface area contributed by atoms with Gasteiger partial charge in [-0.05, 0) is 12.5 Å². The van der Waals surface area contributed by atoms with Crippen LogP contribution in [-0.2, 0) is 4.79 Å². The maximum Gasteiger partial charge on any atom is 0.260 e. The number of carbonyl (C=O) groups is 1. The van der Waals surface area contributed by atoms with Crippen LogP contribution in [0.1, 0.15) is 13.3 Å². The fraction of sp³-hybridized carbons (Fsp3) is 0.625. The van der Waals surface area contributed by atoms with E-state index in [0.29, 0.717) is 0 Å². The summed E-state index contributed by atoms with van der Waals surface area (Å²) in [5.41, 5.74) is 0. The molecule has 0 atom stereocenters. The lowest BCUT2D eigenvalue weighted by molar-refractivity contribution is -0.138. The van der Waals surface area contributed by atoms with E-state index in [4.69, 9.17) is 0 Å². The maximum absolute atomic E-state index is 11.1. The van der Waals surface area contributed by atoms with Crippen molar-refractivity contribution in [2.24, 2.45) is 0 Å². The van der Waals surface area contributed by atoms with Crippen molar-refractivity contribution in [1.29, 1.82) is 0 Å². The van der Waals surface area contributed by atoms with E-state index in [1.807, 2.05) is 21.0 Å². The fourth-order valence-corrected chi connectivity index (χ4v) is 0.824. The normalized spacial score (nSPS) is 9.82. The molecule has 0 spiro atoms. The highest BCUT2D eigenvalue weighted by atomic mass is 16.2. The number of rotatable bonds is 4. The second kappa shape index (κ2) is 4.91. The number of hydrogen-bond donors (Lipinski definition) is 0. The Kier molecular flexibility index (Phi) is 4.54. The van der Waals surface area contributed by atoms with Crippen LogP contribution in [0.4, 0.5) is 0 Å².